The molecule has 3 aromatic rings. The second kappa shape index (κ2) is 7.36. The number of carbonyl (C=O) groups is 1. The summed E-state index contributed by atoms with van der Waals surface area (Å²) in [5.74, 6) is 0.161. The molecular weight excluding hydrogens is 347 g/mol. The number of methoxy groups -OCH3 is 1. The molecule has 0 fully saturated rings. The van der Waals surface area contributed by atoms with Gasteiger partial charge in [0.1, 0.15) is 11.6 Å². The molecule has 3 rings (SSSR count). The molecule has 5 nitrogen and oxygen atoms in total. The fourth-order valence-corrected chi connectivity index (χ4v) is 2.62. The molecule has 2 aromatic carbocycles. The van der Waals surface area contributed by atoms with Crippen molar-refractivity contribution in [2.24, 2.45) is 0 Å². The van der Waals surface area contributed by atoms with E-state index in [1.807, 2.05) is 0 Å². The molecule has 1 aromatic heterocycles. The van der Waals surface area contributed by atoms with E-state index < -0.39 is 5.82 Å². The Bertz CT molecular complexity index is 877. The van der Waals surface area contributed by atoms with E-state index in [4.69, 9.17) is 20.8 Å². The van der Waals surface area contributed by atoms with E-state index in [0.717, 1.165) is 0 Å². The zero-order valence-corrected chi connectivity index (χ0v) is 14.0. The van der Waals surface area contributed by atoms with Gasteiger partial charge in [0.05, 0.1) is 25.3 Å². The van der Waals surface area contributed by atoms with Crippen molar-refractivity contribution in [3.8, 4) is 17.1 Å². The summed E-state index contributed by atoms with van der Waals surface area (Å²) in [7, 11) is 1.51. The molecule has 1 heterocycles. The first-order chi connectivity index (χ1) is 12.1. The van der Waals surface area contributed by atoms with Crippen molar-refractivity contribution in [3.63, 3.8) is 0 Å². The van der Waals surface area contributed by atoms with E-state index in [9.17, 15) is 9.18 Å². The van der Waals surface area contributed by atoms with Crippen LogP contribution in [0.2, 0.25) is 5.02 Å². The van der Waals surface area contributed by atoms with E-state index in [0.29, 0.717) is 22.8 Å². The van der Waals surface area contributed by atoms with Crippen LogP contribution in [0.5, 0.6) is 5.75 Å². The molecule has 25 heavy (non-hydrogen) atoms. The second-order valence-corrected chi connectivity index (χ2v) is 5.61. The van der Waals surface area contributed by atoms with Crippen molar-refractivity contribution in [3.05, 3.63) is 65.4 Å². The lowest BCUT2D eigenvalue weighted by molar-refractivity contribution is -0.115. The monoisotopic (exact) mass is 360 g/mol. The lowest BCUT2D eigenvalue weighted by Crippen LogP contribution is -2.15. The van der Waals surface area contributed by atoms with Gasteiger partial charge in [0.2, 0.25) is 5.91 Å². The van der Waals surface area contributed by atoms with E-state index in [1.54, 1.807) is 30.5 Å². The van der Waals surface area contributed by atoms with Gasteiger partial charge in [-0.1, -0.05) is 17.7 Å². The van der Waals surface area contributed by atoms with Gasteiger partial charge in [0.25, 0.3) is 0 Å². The third-order valence-corrected chi connectivity index (χ3v) is 3.94. The fourth-order valence-electron chi connectivity index (χ4n) is 2.39. The van der Waals surface area contributed by atoms with Crippen molar-refractivity contribution in [2.75, 3.05) is 12.4 Å². The summed E-state index contributed by atoms with van der Waals surface area (Å²) in [6.07, 6.45) is 2.72. The van der Waals surface area contributed by atoms with Gasteiger partial charge < -0.3 is 14.5 Å². The summed E-state index contributed by atoms with van der Waals surface area (Å²) in [5, 5.41) is 2.92. The van der Waals surface area contributed by atoms with Gasteiger partial charge in [0.15, 0.2) is 12.2 Å². The maximum Gasteiger partial charge on any atom is 0.228 e. The summed E-state index contributed by atoms with van der Waals surface area (Å²) >= 11 is 5.95. The number of hydrogen-bond donors (Lipinski definition) is 1. The Kier molecular flexibility index (Phi) is 5.00. The van der Waals surface area contributed by atoms with E-state index in [2.05, 4.69) is 10.3 Å². The second-order valence-electron chi connectivity index (χ2n) is 5.21. The number of nitrogens with zero attached hydrogens (tertiary/aromatic N) is 1. The smallest absolute Gasteiger partial charge is 0.228 e. The maximum absolute atomic E-state index is 13.8. The largest absolute Gasteiger partial charge is 0.496 e. The molecule has 128 valence electrons. The lowest BCUT2D eigenvalue weighted by Gasteiger charge is -2.11. The summed E-state index contributed by atoms with van der Waals surface area (Å²) in [5.41, 5.74) is 1.37. The van der Waals surface area contributed by atoms with Crippen molar-refractivity contribution < 1.29 is 18.3 Å². The topological polar surface area (TPSA) is 64.4 Å². The van der Waals surface area contributed by atoms with Crippen LogP contribution in [0.3, 0.4) is 0 Å². The average molecular weight is 361 g/mol. The Balaban J connectivity index is 1.78. The number of nitrogens with one attached hydrogen (secondary N) is 1. The first-order valence-electron chi connectivity index (χ1n) is 7.38. The highest BCUT2D eigenvalue weighted by Crippen LogP contribution is 2.32. The van der Waals surface area contributed by atoms with Gasteiger partial charge in [0, 0.05) is 22.3 Å². The number of aromatic nitrogens is 1. The maximum atomic E-state index is 13.8. The Hall–Kier alpha value is -2.86. The molecular formula is C18H14ClFN2O3. The molecule has 0 aliphatic carbocycles. The highest BCUT2D eigenvalue weighted by molar-refractivity contribution is 6.31. The highest BCUT2D eigenvalue weighted by Gasteiger charge is 2.14. The summed E-state index contributed by atoms with van der Waals surface area (Å²) < 4.78 is 24.4. The molecule has 0 saturated heterocycles. The minimum atomic E-state index is -0.513. The molecule has 0 unspecified atom stereocenters. The number of benzene rings is 2. The molecule has 0 aliphatic rings. The van der Waals surface area contributed by atoms with Crippen LogP contribution in [-0.2, 0) is 11.2 Å². The summed E-state index contributed by atoms with van der Waals surface area (Å²) in [4.78, 5) is 16.1. The predicted octanol–water partition coefficient (Wildman–Crippen LogP) is 4.32. The molecule has 1 N–H and O–H groups in total. The molecule has 0 radical (unpaired) electrons. The minimum absolute atomic E-state index is 0.159. The van der Waals surface area contributed by atoms with Gasteiger partial charge >= 0.3 is 0 Å². The van der Waals surface area contributed by atoms with E-state index in [1.165, 1.54) is 25.6 Å². The number of ether oxygens (including phenoxy) is 1. The van der Waals surface area contributed by atoms with Crippen LogP contribution in [0, 0.1) is 5.82 Å². The average Bonchev–Trinajstić information content (AvgIpc) is 3.12. The van der Waals surface area contributed by atoms with Crippen molar-refractivity contribution in [1.82, 2.24) is 4.98 Å². The standard InChI is InChI=1S/C18H14ClFN2O3/c1-24-16-7-11(5-6-12(16)17-9-21-10-25-17)22-18(23)8-13-14(19)3-2-4-15(13)20/h2-7,9-10H,8H2,1H3,(H,22,23). The fraction of sp³-hybridized carbons (Fsp3) is 0.111. The number of rotatable bonds is 5. The number of carbonyl (C=O) groups excluding carboxylic acids is 1. The van der Waals surface area contributed by atoms with E-state index >= 15 is 0 Å². The lowest BCUT2D eigenvalue weighted by atomic mass is 10.1. The van der Waals surface area contributed by atoms with Gasteiger partial charge in [-0.2, -0.15) is 0 Å². The summed E-state index contributed by atoms with van der Waals surface area (Å²) in [6.45, 7) is 0. The minimum Gasteiger partial charge on any atom is -0.496 e. The Morgan fingerprint density at radius 3 is 2.88 bits per heavy atom. The van der Waals surface area contributed by atoms with Crippen LogP contribution in [0.4, 0.5) is 10.1 Å². The normalized spacial score (nSPS) is 10.5. The van der Waals surface area contributed by atoms with Crippen LogP contribution in [0.25, 0.3) is 11.3 Å². The van der Waals surface area contributed by atoms with Crippen molar-refractivity contribution in [2.45, 2.75) is 6.42 Å². The number of halogens is 2. The molecule has 0 aliphatic heterocycles. The van der Waals surface area contributed by atoms with Crippen molar-refractivity contribution >= 4 is 23.2 Å². The first-order valence-corrected chi connectivity index (χ1v) is 7.76. The van der Waals surface area contributed by atoms with E-state index in [-0.39, 0.29) is 22.9 Å². The van der Waals surface area contributed by atoms with Gasteiger partial charge in [-0.15, -0.1) is 0 Å². The van der Waals surface area contributed by atoms with Gasteiger partial charge in [-0.05, 0) is 24.3 Å². The van der Waals surface area contributed by atoms with Crippen LogP contribution in [0.15, 0.2) is 53.4 Å². The quantitative estimate of drug-likeness (QED) is 0.735. The Morgan fingerprint density at radius 2 is 2.20 bits per heavy atom. The zero-order chi connectivity index (χ0) is 17.8. The van der Waals surface area contributed by atoms with Gasteiger partial charge in [-0.3, -0.25) is 4.79 Å². The molecule has 1 amide bonds. The Labute approximate surface area is 148 Å². The molecule has 0 bridgehead atoms. The zero-order valence-electron chi connectivity index (χ0n) is 13.3. The number of oxazole rings is 1. The molecule has 7 heteroatoms. The van der Waals surface area contributed by atoms with Crippen molar-refractivity contribution in [1.29, 1.82) is 0 Å². The molecule has 0 saturated carbocycles. The molecule has 0 atom stereocenters. The van der Waals surface area contributed by atoms with Crippen LogP contribution in [-0.4, -0.2) is 18.0 Å². The summed E-state index contributed by atoms with van der Waals surface area (Å²) in [6, 6.07) is 9.39. The highest BCUT2D eigenvalue weighted by atomic mass is 35.5. The SMILES string of the molecule is COc1cc(NC(=O)Cc2c(F)cccc2Cl)ccc1-c1cnco1. The molecule has 0 spiro atoms. The third-order valence-electron chi connectivity index (χ3n) is 3.58. The predicted molar refractivity (Wildman–Crippen MR) is 92.2 cm³/mol. The number of anilines is 1. The van der Waals surface area contributed by atoms with Crippen LogP contribution in [0.1, 0.15) is 5.56 Å². The number of hydrogen-bond acceptors (Lipinski definition) is 4. The first kappa shape index (κ1) is 17.0. The van der Waals surface area contributed by atoms with Gasteiger partial charge in [-0.25, -0.2) is 9.37 Å². The van der Waals surface area contributed by atoms with Crippen LogP contribution >= 0.6 is 11.6 Å². The number of amides is 1. The Morgan fingerprint density at radius 1 is 1.36 bits per heavy atom. The third kappa shape index (κ3) is 3.80. The van der Waals surface area contributed by atoms with Crippen LogP contribution < -0.4 is 10.1 Å².